The van der Waals surface area contributed by atoms with Gasteiger partial charge in [-0.3, -0.25) is 4.79 Å². The fourth-order valence-corrected chi connectivity index (χ4v) is 3.30. The number of nitriles is 1. The molecule has 0 atom stereocenters. The third-order valence-electron chi connectivity index (χ3n) is 4.59. The molecule has 3 rings (SSSR count). The van der Waals surface area contributed by atoms with Crippen LogP contribution in [-0.2, 0) is 6.42 Å². The first-order valence-electron chi connectivity index (χ1n) is 8.12. The van der Waals surface area contributed by atoms with Gasteiger partial charge in [-0.15, -0.1) is 0 Å². The van der Waals surface area contributed by atoms with E-state index in [4.69, 9.17) is 16.9 Å². The summed E-state index contributed by atoms with van der Waals surface area (Å²) in [5.41, 5.74) is 1.13. The summed E-state index contributed by atoms with van der Waals surface area (Å²) in [6.45, 7) is 0.938. The number of halogens is 1. The molecule has 0 radical (unpaired) electrons. The van der Waals surface area contributed by atoms with Crippen molar-refractivity contribution in [2.45, 2.75) is 24.9 Å². The molecule has 1 aliphatic rings. The van der Waals surface area contributed by atoms with Gasteiger partial charge in [0.25, 0.3) is 5.91 Å². The number of carbonyl (C=O) groups excluding carboxylic acids is 1. The normalized spacial score (nSPS) is 16.3. The minimum atomic E-state index is -0.844. The number of carbonyl (C=O) groups is 1. The van der Waals surface area contributed by atoms with E-state index in [1.807, 2.05) is 12.1 Å². The first-order chi connectivity index (χ1) is 12.0. The maximum Gasteiger partial charge on any atom is 0.256 e. The number of aromatic nitrogens is 1. The van der Waals surface area contributed by atoms with Crippen LogP contribution in [0.5, 0.6) is 0 Å². The number of likely N-dealkylation sites (tertiary alicyclic amines) is 1. The monoisotopic (exact) mass is 355 g/mol. The van der Waals surface area contributed by atoms with Crippen molar-refractivity contribution in [2.75, 3.05) is 13.1 Å². The van der Waals surface area contributed by atoms with E-state index in [-0.39, 0.29) is 11.1 Å². The first-order valence-corrected chi connectivity index (χ1v) is 8.50. The van der Waals surface area contributed by atoms with Gasteiger partial charge in [-0.2, -0.15) is 5.26 Å². The van der Waals surface area contributed by atoms with Gasteiger partial charge in [0.05, 0.1) is 22.8 Å². The average Bonchev–Trinajstić information content (AvgIpc) is 2.63. The maximum absolute atomic E-state index is 12.5. The molecule has 0 spiro atoms. The quantitative estimate of drug-likeness (QED) is 0.859. The van der Waals surface area contributed by atoms with Crippen LogP contribution in [0.1, 0.15) is 34.3 Å². The van der Waals surface area contributed by atoms with Crippen molar-refractivity contribution in [1.29, 1.82) is 5.26 Å². The molecule has 0 saturated carbocycles. The number of rotatable bonds is 3. The van der Waals surface area contributed by atoms with Crippen molar-refractivity contribution in [3.63, 3.8) is 0 Å². The molecule has 2 heterocycles. The Kier molecular flexibility index (Phi) is 5.03. The van der Waals surface area contributed by atoms with Gasteiger partial charge in [0.1, 0.15) is 5.15 Å². The van der Waals surface area contributed by atoms with Crippen LogP contribution >= 0.6 is 11.6 Å². The molecule has 128 valence electrons. The molecule has 0 aliphatic carbocycles. The highest BCUT2D eigenvalue weighted by atomic mass is 35.5. The van der Waals surface area contributed by atoms with Gasteiger partial charge < -0.3 is 10.0 Å². The minimum Gasteiger partial charge on any atom is -0.389 e. The van der Waals surface area contributed by atoms with Gasteiger partial charge in [-0.05, 0) is 42.7 Å². The molecule has 1 N–H and O–H groups in total. The Morgan fingerprint density at radius 2 is 1.96 bits per heavy atom. The molecule has 5 nitrogen and oxygen atoms in total. The van der Waals surface area contributed by atoms with Crippen LogP contribution in [0.25, 0.3) is 0 Å². The molecular weight excluding hydrogens is 338 g/mol. The number of piperidine rings is 1. The Balaban J connectivity index is 1.63. The topological polar surface area (TPSA) is 77.2 Å². The number of nitrogens with zero attached hydrogens (tertiary/aromatic N) is 3. The molecule has 1 amide bonds. The number of pyridine rings is 1. The summed E-state index contributed by atoms with van der Waals surface area (Å²) in [6.07, 6.45) is 3.05. The summed E-state index contributed by atoms with van der Waals surface area (Å²) in [6, 6.07) is 12.7. The molecule has 2 aromatic rings. The minimum absolute atomic E-state index is 0.154. The molecule has 1 aromatic carbocycles. The average molecular weight is 356 g/mol. The van der Waals surface area contributed by atoms with Gasteiger partial charge in [0.2, 0.25) is 0 Å². The molecular formula is C19H18ClN3O2. The second-order valence-electron chi connectivity index (χ2n) is 6.34. The van der Waals surface area contributed by atoms with Crippen molar-refractivity contribution in [3.8, 4) is 6.07 Å². The van der Waals surface area contributed by atoms with E-state index < -0.39 is 5.60 Å². The zero-order valence-electron chi connectivity index (χ0n) is 13.7. The van der Waals surface area contributed by atoms with Gasteiger partial charge in [0, 0.05) is 25.7 Å². The lowest BCUT2D eigenvalue weighted by Gasteiger charge is -2.38. The van der Waals surface area contributed by atoms with E-state index in [1.165, 1.54) is 0 Å². The largest absolute Gasteiger partial charge is 0.389 e. The standard InChI is InChI=1S/C19H18ClN3O2/c20-17-16(2-1-9-22-17)18(24)23-10-7-19(25,8-11-23)12-14-3-5-15(13-21)6-4-14/h1-6,9,25H,7-8,10-12H2. The maximum atomic E-state index is 12.5. The third kappa shape index (κ3) is 3.98. The van der Waals surface area contributed by atoms with E-state index in [0.29, 0.717) is 43.5 Å². The highest BCUT2D eigenvalue weighted by Crippen LogP contribution is 2.28. The predicted molar refractivity (Wildman–Crippen MR) is 94.2 cm³/mol. The van der Waals surface area contributed by atoms with Crippen molar-refractivity contribution in [3.05, 3.63) is 64.4 Å². The van der Waals surface area contributed by atoms with Crippen LogP contribution in [0.4, 0.5) is 0 Å². The van der Waals surface area contributed by atoms with Crippen LogP contribution in [-0.4, -0.2) is 39.6 Å². The van der Waals surface area contributed by atoms with E-state index in [2.05, 4.69) is 11.1 Å². The van der Waals surface area contributed by atoms with Crippen molar-refractivity contribution >= 4 is 17.5 Å². The second-order valence-corrected chi connectivity index (χ2v) is 6.70. The fraction of sp³-hybridized carbons (Fsp3) is 0.316. The Labute approximate surface area is 151 Å². The number of aliphatic hydroxyl groups is 1. The van der Waals surface area contributed by atoms with Gasteiger partial charge in [0.15, 0.2) is 0 Å². The van der Waals surface area contributed by atoms with Crippen molar-refractivity contribution in [2.24, 2.45) is 0 Å². The lowest BCUT2D eigenvalue weighted by Crippen LogP contribution is -2.47. The summed E-state index contributed by atoms with van der Waals surface area (Å²) in [5, 5.41) is 19.9. The Morgan fingerprint density at radius 3 is 2.56 bits per heavy atom. The zero-order chi connectivity index (χ0) is 17.9. The smallest absolute Gasteiger partial charge is 0.256 e. The van der Waals surface area contributed by atoms with Crippen molar-refractivity contribution in [1.82, 2.24) is 9.88 Å². The lowest BCUT2D eigenvalue weighted by molar-refractivity contribution is -0.0162. The number of benzene rings is 1. The molecule has 1 aliphatic heterocycles. The molecule has 1 fully saturated rings. The molecule has 0 bridgehead atoms. The highest BCUT2D eigenvalue weighted by molar-refractivity contribution is 6.32. The molecule has 1 aromatic heterocycles. The Bertz CT molecular complexity index is 806. The van der Waals surface area contributed by atoms with E-state index >= 15 is 0 Å². The van der Waals surface area contributed by atoms with E-state index in [1.54, 1.807) is 35.4 Å². The van der Waals surface area contributed by atoms with Gasteiger partial charge in [-0.25, -0.2) is 4.98 Å². The molecule has 1 saturated heterocycles. The summed E-state index contributed by atoms with van der Waals surface area (Å²) in [5.74, 6) is -0.154. The first kappa shape index (κ1) is 17.4. The van der Waals surface area contributed by atoms with Crippen LogP contribution in [0.2, 0.25) is 5.15 Å². The van der Waals surface area contributed by atoms with E-state index in [9.17, 15) is 9.90 Å². The fourth-order valence-electron chi connectivity index (χ4n) is 3.10. The number of hydrogen-bond donors (Lipinski definition) is 1. The SMILES string of the molecule is N#Cc1ccc(CC2(O)CCN(C(=O)c3cccnc3Cl)CC2)cc1. The highest BCUT2D eigenvalue weighted by Gasteiger charge is 2.34. The lowest BCUT2D eigenvalue weighted by atomic mass is 9.85. The van der Waals surface area contributed by atoms with Crippen LogP contribution in [0.3, 0.4) is 0 Å². The predicted octanol–water partition coefficient (Wildman–Crippen LogP) is 2.82. The zero-order valence-corrected chi connectivity index (χ0v) is 14.4. The molecule has 0 unspecified atom stereocenters. The number of hydrogen-bond acceptors (Lipinski definition) is 4. The van der Waals surface area contributed by atoms with E-state index in [0.717, 1.165) is 5.56 Å². The summed E-state index contributed by atoms with van der Waals surface area (Å²) >= 11 is 6.00. The number of amides is 1. The van der Waals surface area contributed by atoms with Crippen LogP contribution in [0.15, 0.2) is 42.6 Å². The molecule has 6 heteroatoms. The molecule has 25 heavy (non-hydrogen) atoms. The summed E-state index contributed by atoms with van der Waals surface area (Å²) in [4.78, 5) is 18.2. The third-order valence-corrected chi connectivity index (χ3v) is 4.89. The summed E-state index contributed by atoms with van der Waals surface area (Å²) in [7, 11) is 0. The Hall–Kier alpha value is -2.42. The Morgan fingerprint density at radius 1 is 1.28 bits per heavy atom. The van der Waals surface area contributed by atoms with Gasteiger partial charge >= 0.3 is 0 Å². The summed E-state index contributed by atoms with van der Waals surface area (Å²) < 4.78 is 0. The van der Waals surface area contributed by atoms with Crippen molar-refractivity contribution < 1.29 is 9.90 Å². The van der Waals surface area contributed by atoms with Crippen LogP contribution < -0.4 is 0 Å². The van der Waals surface area contributed by atoms with Gasteiger partial charge in [-0.1, -0.05) is 23.7 Å². The second kappa shape index (κ2) is 7.22. The van der Waals surface area contributed by atoms with Crippen LogP contribution in [0, 0.1) is 11.3 Å².